The van der Waals surface area contributed by atoms with E-state index in [1.165, 1.54) is 19.2 Å². The summed E-state index contributed by atoms with van der Waals surface area (Å²) in [6.45, 7) is 8.12. The van der Waals surface area contributed by atoms with Crippen LogP contribution in [0.2, 0.25) is 0 Å². The van der Waals surface area contributed by atoms with Crippen molar-refractivity contribution in [2.24, 2.45) is 4.99 Å². The third-order valence-electron chi connectivity index (χ3n) is 0.833. The number of rotatable bonds is 3. The Morgan fingerprint density at radius 1 is 1.67 bits per heavy atom. The number of hydrogen-bond donors (Lipinski definition) is 0. The average Bonchev–Trinajstić information content (AvgIpc) is 1.82. The Kier molecular flexibility index (Phi) is 3.28. The molecule has 0 atom stereocenters. The van der Waals surface area contributed by atoms with E-state index in [0.717, 1.165) is 0 Å². The van der Waals surface area contributed by atoms with E-state index in [-0.39, 0.29) is 5.78 Å². The molecule has 0 bridgehead atoms. The van der Waals surface area contributed by atoms with E-state index in [9.17, 15) is 4.79 Å². The predicted molar refractivity (Wildman–Crippen MR) is 38.5 cm³/mol. The molecule has 0 aromatic rings. The van der Waals surface area contributed by atoms with Crippen LogP contribution in [0, 0.1) is 0 Å². The molecule has 0 saturated carbocycles. The molecule has 0 saturated heterocycles. The summed E-state index contributed by atoms with van der Waals surface area (Å²) < 4.78 is 0. The second-order valence-electron chi connectivity index (χ2n) is 1.58. The molecule has 0 heterocycles. The molecule has 0 spiro atoms. The van der Waals surface area contributed by atoms with Crippen molar-refractivity contribution in [3.05, 3.63) is 24.4 Å². The van der Waals surface area contributed by atoms with Gasteiger partial charge in [-0.3, -0.25) is 9.79 Å². The van der Waals surface area contributed by atoms with Crippen molar-refractivity contribution in [1.29, 1.82) is 0 Å². The zero-order chi connectivity index (χ0) is 7.28. The number of carbonyl (C=O) groups excluding carboxylic acids is 1. The van der Waals surface area contributed by atoms with Gasteiger partial charge in [-0.2, -0.15) is 0 Å². The lowest BCUT2D eigenvalue weighted by atomic mass is 10.2. The molecule has 48 valence electrons. The summed E-state index contributed by atoms with van der Waals surface area (Å²) in [4.78, 5) is 13.9. The zero-order valence-corrected chi connectivity index (χ0v) is 5.42. The maximum Gasteiger partial charge on any atom is 0.159 e. The van der Waals surface area contributed by atoms with Gasteiger partial charge >= 0.3 is 0 Å². The standard InChI is InChI=1S/C7H9NO/c1-6(7(2)9)4-5-8-3/h4-5H,1,3H2,2H3/b5-4-. The van der Waals surface area contributed by atoms with Gasteiger partial charge in [0.25, 0.3) is 0 Å². The fraction of sp³-hybridized carbons (Fsp3) is 0.143. The van der Waals surface area contributed by atoms with Gasteiger partial charge in [0, 0.05) is 11.8 Å². The molecule has 0 rings (SSSR count). The molecule has 0 fully saturated rings. The van der Waals surface area contributed by atoms with Crippen molar-refractivity contribution < 1.29 is 4.79 Å². The second-order valence-corrected chi connectivity index (χ2v) is 1.58. The molecule has 0 unspecified atom stereocenters. The minimum Gasteiger partial charge on any atom is -0.295 e. The van der Waals surface area contributed by atoms with Crippen LogP contribution in [-0.2, 0) is 4.79 Å². The molecular formula is C7H9NO. The average molecular weight is 123 g/mol. The number of carbonyl (C=O) groups is 1. The molecule has 0 radical (unpaired) electrons. The molecule has 0 amide bonds. The molecular weight excluding hydrogens is 114 g/mol. The number of ketones is 1. The smallest absolute Gasteiger partial charge is 0.159 e. The summed E-state index contributed by atoms with van der Waals surface area (Å²) in [6, 6.07) is 0. The Morgan fingerprint density at radius 2 is 2.22 bits per heavy atom. The van der Waals surface area contributed by atoms with Crippen LogP contribution in [0.3, 0.4) is 0 Å². The minimum absolute atomic E-state index is 0.0464. The lowest BCUT2D eigenvalue weighted by molar-refractivity contribution is -0.113. The largest absolute Gasteiger partial charge is 0.295 e. The molecule has 0 aromatic carbocycles. The highest BCUT2D eigenvalue weighted by atomic mass is 16.1. The third kappa shape index (κ3) is 3.41. The molecule has 0 N–H and O–H groups in total. The van der Waals surface area contributed by atoms with E-state index in [1.54, 1.807) is 0 Å². The Labute approximate surface area is 54.6 Å². The van der Waals surface area contributed by atoms with Crippen LogP contribution in [0.5, 0.6) is 0 Å². The minimum atomic E-state index is -0.0464. The van der Waals surface area contributed by atoms with Crippen molar-refractivity contribution in [3.63, 3.8) is 0 Å². The lowest BCUT2D eigenvalue weighted by Gasteiger charge is -1.86. The van der Waals surface area contributed by atoms with E-state index >= 15 is 0 Å². The summed E-state index contributed by atoms with van der Waals surface area (Å²) >= 11 is 0. The molecule has 2 nitrogen and oxygen atoms in total. The topological polar surface area (TPSA) is 29.4 Å². The van der Waals surface area contributed by atoms with Crippen LogP contribution < -0.4 is 0 Å². The Hall–Kier alpha value is -1.18. The number of aliphatic imine (C=N–C) groups is 1. The SMILES string of the molecule is C=N/C=C\C(=C)C(C)=O. The molecule has 0 aliphatic rings. The molecule has 0 aliphatic heterocycles. The van der Waals surface area contributed by atoms with E-state index in [0.29, 0.717) is 5.57 Å². The first-order chi connectivity index (χ1) is 4.18. The molecule has 0 aliphatic carbocycles. The highest BCUT2D eigenvalue weighted by molar-refractivity contribution is 5.95. The zero-order valence-electron chi connectivity index (χ0n) is 5.42. The number of allylic oxidation sites excluding steroid dienone is 2. The van der Waals surface area contributed by atoms with E-state index in [2.05, 4.69) is 18.3 Å². The van der Waals surface area contributed by atoms with Crippen LogP contribution >= 0.6 is 0 Å². The molecule has 2 heteroatoms. The van der Waals surface area contributed by atoms with Crippen LogP contribution in [0.25, 0.3) is 0 Å². The van der Waals surface area contributed by atoms with Gasteiger partial charge in [-0.15, -0.1) is 0 Å². The summed E-state index contributed by atoms with van der Waals surface area (Å²) in [7, 11) is 0. The Morgan fingerprint density at radius 3 is 2.56 bits per heavy atom. The first-order valence-electron chi connectivity index (χ1n) is 2.50. The number of nitrogens with zero attached hydrogens (tertiary/aromatic N) is 1. The van der Waals surface area contributed by atoms with Gasteiger partial charge in [-0.05, 0) is 19.7 Å². The fourth-order valence-electron chi connectivity index (χ4n) is 0.260. The van der Waals surface area contributed by atoms with Gasteiger partial charge in [-0.25, -0.2) is 0 Å². The number of Topliss-reactive ketones (excluding diaryl/α,β-unsaturated/α-hetero) is 1. The summed E-state index contributed by atoms with van der Waals surface area (Å²) in [5, 5.41) is 0. The Bertz CT molecular complexity index is 168. The summed E-state index contributed by atoms with van der Waals surface area (Å²) in [5.74, 6) is -0.0464. The van der Waals surface area contributed by atoms with E-state index in [1.807, 2.05) is 0 Å². The fourth-order valence-corrected chi connectivity index (χ4v) is 0.260. The highest BCUT2D eigenvalue weighted by Crippen LogP contribution is 1.92. The first kappa shape index (κ1) is 7.82. The van der Waals surface area contributed by atoms with Crippen molar-refractivity contribution in [2.45, 2.75) is 6.92 Å². The van der Waals surface area contributed by atoms with Gasteiger partial charge < -0.3 is 0 Å². The van der Waals surface area contributed by atoms with Gasteiger partial charge in [0.15, 0.2) is 5.78 Å². The second kappa shape index (κ2) is 3.78. The number of hydrogen-bond acceptors (Lipinski definition) is 2. The monoisotopic (exact) mass is 123 g/mol. The lowest BCUT2D eigenvalue weighted by Crippen LogP contribution is -1.89. The van der Waals surface area contributed by atoms with Gasteiger partial charge in [0.1, 0.15) is 0 Å². The van der Waals surface area contributed by atoms with Crippen LogP contribution in [0.4, 0.5) is 0 Å². The molecule has 0 aromatic heterocycles. The predicted octanol–water partition coefficient (Wildman–Crippen LogP) is 1.35. The summed E-state index contributed by atoms with van der Waals surface area (Å²) in [6.07, 6.45) is 2.96. The van der Waals surface area contributed by atoms with E-state index in [4.69, 9.17) is 0 Å². The normalized spacial score (nSPS) is 9.44. The maximum absolute atomic E-state index is 10.4. The van der Waals surface area contributed by atoms with Crippen LogP contribution in [-0.4, -0.2) is 12.5 Å². The van der Waals surface area contributed by atoms with Gasteiger partial charge in [0.05, 0.1) is 0 Å². The van der Waals surface area contributed by atoms with Crippen molar-refractivity contribution >= 4 is 12.5 Å². The van der Waals surface area contributed by atoms with Crippen LogP contribution in [0.15, 0.2) is 29.4 Å². The molecule has 9 heavy (non-hydrogen) atoms. The Balaban J connectivity index is 3.92. The van der Waals surface area contributed by atoms with Crippen LogP contribution in [0.1, 0.15) is 6.92 Å². The third-order valence-corrected chi connectivity index (χ3v) is 0.833. The van der Waals surface area contributed by atoms with Gasteiger partial charge in [-0.1, -0.05) is 6.58 Å². The van der Waals surface area contributed by atoms with E-state index < -0.39 is 0 Å². The highest BCUT2D eigenvalue weighted by Gasteiger charge is 1.91. The summed E-state index contributed by atoms with van der Waals surface area (Å²) in [5.41, 5.74) is 0.447. The van der Waals surface area contributed by atoms with Crippen molar-refractivity contribution in [2.75, 3.05) is 0 Å². The van der Waals surface area contributed by atoms with Crippen molar-refractivity contribution in [1.82, 2.24) is 0 Å². The quantitative estimate of drug-likeness (QED) is 0.316. The van der Waals surface area contributed by atoms with Gasteiger partial charge in [0.2, 0.25) is 0 Å². The first-order valence-corrected chi connectivity index (χ1v) is 2.50. The van der Waals surface area contributed by atoms with Crippen molar-refractivity contribution in [3.8, 4) is 0 Å². The maximum atomic E-state index is 10.4.